The highest BCUT2D eigenvalue weighted by atomic mass is 15.2. The first-order valence-electron chi connectivity index (χ1n) is 16.9. The lowest BCUT2D eigenvalue weighted by Gasteiger charge is -2.12. The van der Waals surface area contributed by atoms with Crippen LogP contribution in [0.25, 0.3) is 94.3 Å². The number of nitrogens with zero attached hydrogens (tertiary/aromatic N) is 3. The number of para-hydroxylation sites is 1. The Morgan fingerprint density at radius 2 is 0.840 bits per heavy atom. The van der Waals surface area contributed by atoms with Crippen LogP contribution < -0.4 is 0 Å². The van der Waals surface area contributed by atoms with Crippen LogP contribution in [0.3, 0.4) is 0 Å². The van der Waals surface area contributed by atoms with Gasteiger partial charge < -0.3 is 4.98 Å². The Balaban J connectivity index is 1.23. The van der Waals surface area contributed by atoms with Gasteiger partial charge in [-0.25, -0.2) is 9.97 Å². The zero-order valence-corrected chi connectivity index (χ0v) is 27.1. The summed E-state index contributed by atoms with van der Waals surface area (Å²) < 4.78 is 2.23. The summed E-state index contributed by atoms with van der Waals surface area (Å²) in [4.78, 5) is 14.2. The van der Waals surface area contributed by atoms with Crippen molar-refractivity contribution in [3.05, 3.63) is 176 Å². The molecule has 0 saturated heterocycles. The average Bonchev–Trinajstić information content (AvgIpc) is 3.73. The minimum absolute atomic E-state index is 0.637. The van der Waals surface area contributed by atoms with E-state index in [-0.39, 0.29) is 0 Å². The van der Waals surface area contributed by atoms with Gasteiger partial charge in [-0.3, -0.25) is 4.57 Å². The predicted octanol–water partition coefficient (Wildman–Crippen LogP) is 11.9. The monoisotopic (exact) mass is 638 g/mol. The molecule has 0 bridgehead atoms. The third-order valence-electron chi connectivity index (χ3n) is 9.77. The van der Waals surface area contributed by atoms with E-state index in [1.54, 1.807) is 0 Å². The van der Waals surface area contributed by atoms with Crippen molar-refractivity contribution in [1.82, 2.24) is 19.5 Å². The van der Waals surface area contributed by atoms with Crippen molar-refractivity contribution >= 4 is 43.6 Å². The van der Waals surface area contributed by atoms with E-state index in [1.165, 1.54) is 33.0 Å². The number of hydrogen-bond donors (Lipinski definition) is 1. The first kappa shape index (κ1) is 28.3. The van der Waals surface area contributed by atoms with E-state index in [4.69, 9.17) is 9.97 Å². The Hall–Kier alpha value is -6.78. The summed E-state index contributed by atoms with van der Waals surface area (Å²) in [6.07, 6.45) is 0. The van der Waals surface area contributed by atoms with Crippen LogP contribution >= 0.6 is 0 Å². The molecule has 0 aliphatic carbocycles. The van der Waals surface area contributed by atoms with Crippen LogP contribution in [-0.4, -0.2) is 19.5 Å². The van der Waals surface area contributed by atoms with Gasteiger partial charge in [-0.2, -0.15) is 0 Å². The van der Waals surface area contributed by atoms with Gasteiger partial charge in [0.1, 0.15) is 0 Å². The Morgan fingerprint density at radius 1 is 0.340 bits per heavy atom. The highest BCUT2D eigenvalue weighted by molar-refractivity contribution is 6.12. The zero-order valence-electron chi connectivity index (χ0n) is 27.1. The molecule has 3 heterocycles. The molecular weight excluding hydrogens is 609 g/mol. The van der Waals surface area contributed by atoms with E-state index < -0.39 is 0 Å². The van der Waals surface area contributed by atoms with E-state index in [0.717, 1.165) is 55.4 Å². The molecule has 10 rings (SSSR count). The third-order valence-corrected chi connectivity index (χ3v) is 9.77. The molecule has 7 aromatic carbocycles. The SMILES string of the molecule is c1ccc(-c2ccc3c(c2)c2cc(-c4ccccc4)ccc2n3-c2nc(-c3ccccc3)cc(-c3ccc4c(c3)[nH]c3ccccc34)n2)cc1. The molecule has 0 fully saturated rings. The lowest BCUT2D eigenvalue weighted by atomic mass is 10.0. The summed E-state index contributed by atoms with van der Waals surface area (Å²) in [5.41, 5.74) is 12.9. The van der Waals surface area contributed by atoms with E-state index >= 15 is 0 Å². The Kier molecular flexibility index (Phi) is 6.46. The standard InChI is InChI=1S/C46H30N4/c1-4-12-30(13-5-1)33-21-24-44-38(26-33)39-27-34(31-14-6-2-7-15-31)22-25-45(39)50(44)46-48-41(32-16-8-3-9-17-32)29-42(49-46)35-20-23-37-36-18-10-11-19-40(36)47-43(37)28-35/h1-29,47H. The number of aromatic amines is 1. The van der Waals surface area contributed by atoms with Gasteiger partial charge in [0.2, 0.25) is 5.95 Å². The van der Waals surface area contributed by atoms with E-state index in [2.05, 4.69) is 179 Å². The molecule has 3 aromatic heterocycles. The second-order valence-electron chi connectivity index (χ2n) is 12.8. The van der Waals surface area contributed by atoms with Gasteiger partial charge in [0.25, 0.3) is 0 Å². The van der Waals surface area contributed by atoms with Crippen LogP contribution in [0.4, 0.5) is 0 Å². The van der Waals surface area contributed by atoms with Gasteiger partial charge in [0, 0.05) is 43.7 Å². The van der Waals surface area contributed by atoms with Crippen LogP contribution in [0.2, 0.25) is 0 Å². The normalized spacial score (nSPS) is 11.6. The molecule has 0 radical (unpaired) electrons. The summed E-state index contributed by atoms with van der Waals surface area (Å²) in [7, 11) is 0. The van der Waals surface area contributed by atoms with Gasteiger partial charge in [0.05, 0.1) is 22.4 Å². The number of benzene rings is 7. The highest BCUT2D eigenvalue weighted by Gasteiger charge is 2.19. The third kappa shape index (κ3) is 4.69. The maximum atomic E-state index is 5.33. The molecule has 0 aliphatic heterocycles. The van der Waals surface area contributed by atoms with Crippen molar-refractivity contribution < 1.29 is 0 Å². The highest BCUT2D eigenvalue weighted by Crippen LogP contribution is 2.38. The van der Waals surface area contributed by atoms with Crippen molar-refractivity contribution in [3.63, 3.8) is 0 Å². The lowest BCUT2D eigenvalue weighted by molar-refractivity contribution is 0.996. The van der Waals surface area contributed by atoms with Crippen molar-refractivity contribution in [2.75, 3.05) is 0 Å². The van der Waals surface area contributed by atoms with Crippen molar-refractivity contribution in [2.24, 2.45) is 0 Å². The number of H-pyrrole nitrogens is 1. The van der Waals surface area contributed by atoms with Gasteiger partial charge in [-0.1, -0.05) is 133 Å². The van der Waals surface area contributed by atoms with E-state index in [1.807, 2.05) is 6.07 Å². The van der Waals surface area contributed by atoms with Gasteiger partial charge in [0.15, 0.2) is 0 Å². The molecule has 0 spiro atoms. The minimum Gasteiger partial charge on any atom is -0.354 e. The van der Waals surface area contributed by atoms with Crippen LogP contribution in [0.5, 0.6) is 0 Å². The largest absolute Gasteiger partial charge is 0.354 e. The minimum atomic E-state index is 0.637. The molecule has 10 aromatic rings. The Morgan fingerprint density at radius 3 is 1.46 bits per heavy atom. The number of nitrogens with one attached hydrogen (secondary N) is 1. The van der Waals surface area contributed by atoms with Crippen LogP contribution in [0, 0.1) is 0 Å². The molecule has 1 N–H and O–H groups in total. The summed E-state index contributed by atoms with van der Waals surface area (Å²) in [6, 6.07) is 62.1. The fourth-order valence-corrected chi connectivity index (χ4v) is 7.31. The molecular formula is C46H30N4. The van der Waals surface area contributed by atoms with Crippen LogP contribution in [0.15, 0.2) is 176 Å². The Bertz CT molecular complexity index is 2750. The van der Waals surface area contributed by atoms with Crippen molar-refractivity contribution in [1.29, 1.82) is 0 Å². The fourth-order valence-electron chi connectivity index (χ4n) is 7.31. The number of rotatable bonds is 5. The van der Waals surface area contributed by atoms with E-state index in [9.17, 15) is 0 Å². The fraction of sp³-hybridized carbons (Fsp3) is 0. The molecule has 0 amide bonds. The molecule has 50 heavy (non-hydrogen) atoms. The summed E-state index contributed by atoms with van der Waals surface area (Å²) in [5, 5.41) is 4.74. The first-order chi connectivity index (χ1) is 24.8. The summed E-state index contributed by atoms with van der Waals surface area (Å²) in [6.45, 7) is 0. The van der Waals surface area contributed by atoms with Crippen LogP contribution in [0.1, 0.15) is 0 Å². The molecule has 0 atom stereocenters. The number of aromatic nitrogens is 4. The maximum absolute atomic E-state index is 5.33. The lowest BCUT2D eigenvalue weighted by Crippen LogP contribution is -2.04. The molecule has 234 valence electrons. The zero-order chi connectivity index (χ0) is 33.0. The second-order valence-corrected chi connectivity index (χ2v) is 12.8. The van der Waals surface area contributed by atoms with Gasteiger partial charge in [-0.05, 0) is 64.7 Å². The van der Waals surface area contributed by atoms with Gasteiger partial charge >= 0.3 is 0 Å². The molecule has 0 saturated carbocycles. The quantitative estimate of drug-likeness (QED) is 0.204. The number of fused-ring (bicyclic) bond motifs is 6. The molecule has 0 unspecified atom stereocenters. The topological polar surface area (TPSA) is 46.5 Å². The maximum Gasteiger partial charge on any atom is 0.235 e. The second kappa shape index (κ2) is 11.4. The smallest absolute Gasteiger partial charge is 0.235 e. The molecule has 0 aliphatic rings. The van der Waals surface area contributed by atoms with Crippen LogP contribution in [-0.2, 0) is 0 Å². The first-order valence-corrected chi connectivity index (χ1v) is 16.9. The van der Waals surface area contributed by atoms with Gasteiger partial charge in [-0.15, -0.1) is 0 Å². The molecule has 4 nitrogen and oxygen atoms in total. The average molecular weight is 639 g/mol. The van der Waals surface area contributed by atoms with Crippen molar-refractivity contribution in [3.8, 4) is 50.7 Å². The van der Waals surface area contributed by atoms with Crippen molar-refractivity contribution in [2.45, 2.75) is 0 Å². The summed E-state index contributed by atoms with van der Waals surface area (Å²) >= 11 is 0. The summed E-state index contributed by atoms with van der Waals surface area (Å²) in [5.74, 6) is 0.637. The van der Waals surface area contributed by atoms with E-state index in [0.29, 0.717) is 5.95 Å². The molecule has 4 heteroatoms. The predicted molar refractivity (Wildman–Crippen MR) is 207 cm³/mol. The number of hydrogen-bond acceptors (Lipinski definition) is 2. The Labute approximate surface area is 289 Å².